The number of esters is 1. The second kappa shape index (κ2) is 9.84. The number of amides is 1. The van der Waals surface area contributed by atoms with Crippen molar-refractivity contribution in [2.24, 2.45) is 5.73 Å². The Kier molecular flexibility index (Phi) is 6.68. The number of halogens is 2. The van der Waals surface area contributed by atoms with Crippen LogP contribution in [0.3, 0.4) is 0 Å². The van der Waals surface area contributed by atoms with Crippen molar-refractivity contribution in [1.29, 1.82) is 0 Å². The summed E-state index contributed by atoms with van der Waals surface area (Å²) < 4.78 is 39.4. The maximum Gasteiger partial charge on any atom is 0.344 e. The third-order valence-electron chi connectivity index (χ3n) is 5.30. The Balaban J connectivity index is 1.83. The third-order valence-corrected chi connectivity index (χ3v) is 5.30. The average molecular weight is 480 g/mol. The van der Waals surface area contributed by atoms with E-state index in [4.69, 9.17) is 20.0 Å². The fraction of sp³-hybridized carbons (Fsp3) is 0.154. The number of carbonyl (C=O) groups is 2. The van der Waals surface area contributed by atoms with E-state index >= 15 is 0 Å². The van der Waals surface area contributed by atoms with Gasteiger partial charge in [-0.15, -0.1) is 4.73 Å². The molecule has 4 rings (SSSR count). The molecule has 0 aliphatic rings. The minimum atomic E-state index is -0.765. The van der Waals surface area contributed by atoms with Gasteiger partial charge in [0.25, 0.3) is 0 Å². The van der Waals surface area contributed by atoms with Gasteiger partial charge < -0.3 is 20.0 Å². The lowest BCUT2D eigenvalue weighted by Crippen LogP contribution is -2.15. The highest BCUT2D eigenvalue weighted by molar-refractivity contribution is 6.08. The van der Waals surface area contributed by atoms with Gasteiger partial charge in [-0.3, -0.25) is 4.79 Å². The van der Waals surface area contributed by atoms with Crippen molar-refractivity contribution in [3.8, 4) is 5.88 Å². The van der Waals surface area contributed by atoms with Gasteiger partial charge in [-0.05, 0) is 42.3 Å². The SMILES string of the molecule is COC(=O)c1c(OCc2cc(F)cc(F)c2)n(OCc2cccc(C)c2)c2cc(C(N)=O)ccc12. The van der Waals surface area contributed by atoms with E-state index in [9.17, 15) is 18.4 Å². The number of aromatic nitrogens is 1. The number of rotatable bonds is 8. The quantitative estimate of drug-likeness (QED) is 0.379. The minimum Gasteiger partial charge on any atom is -0.471 e. The van der Waals surface area contributed by atoms with E-state index in [0.717, 1.165) is 29.3 Å². The molecule has 0 saturated carbocycles. The molecule has 7 nitrogen and oxygen atoms in total. The molecule has 3 aromatic carbocycles. The zero-order chi connectivity index (χ0) is 25.1. The van der Waals surface area contributed by atoms with E-state index in [1.54, 1.807) is 0 Å². The van der Waals surface area contributed by atoms with E-state index < -0.39 is 23.5 Å². The number of ether oxygens (including phenoxy) is 2. The predicted octanol–water partition coefficient (Wildman–Crippen LogP) is 4.32. The summed E-state index contributed by atoms with van der Waals surface area (Å²) in [6.07, 6.45) is 0. The first kappa shape index (κ1) is 23.7. The summed E-state index contributed by atoms with van der Waals surface area (Å²) >= 11 is 0. The average Bonchev–Trinajstić information content (AvgIpc) is 3.12. The number of nitrogens with two attached hydrogens (primary N) is 1. The minimum absolute atomic E-state index is 0.0274. The molecule has 0 saturated heterocycles. The van der Waals surface area contributed by atoms with Crippen LogP contribution < -0.4 is 15.3 Å². The van der Waals surface area contributed by atoms with Gasteiger partial charge in [0.2, 0.25) is 11.8 Å². The zero-order valence-corrected chi connectivity index (χ0v) is 19.0. The van der Waals surface area contributed by atoms with E-state index in [-0.39, 0.29) is 35.8 Å². The van der Waals surface area contributed by atoms with E-state index in [1.165, 1.54) is 30.0 Å². The molecular formula is C26H22F2N2O5. The molecule has 9 heteroatoms. The number of aryl methyl sites for hydroxylation is 1. The number of methoxy groups -OCH3 is 1. The van der Waals surface area contributed by atoms with Gasteiger partial charge in [-0.2, -0.15) is 0 Å². The summed E-state index contributed by atoms with van der Waals surface area (Å²) in [7, 11) is 1.21. The van der Waals surface area contributed by atoms with Crippen LogP contribution in [0.5, 0.6) is 5.88 Å². The molecule has 35 heavy (non-hydrogen) atoms. The molecule has 180 valence electrons. The molecule has 0 atom stereocenters. The molecular weight excluding hydrogens is 458 g/mol. The lowest BCUT2D eigenvalue weighted by molar-refractivity contribution is 0.0570. The first-order valence-electron chi connectivity index (χ1n) is 10.6. The topological polar surface area (TPSA) is 92.8 Å². The van der Waals surface area contributed by atoms with Gasteiger partial charge >= 0.3 is 5.97 Å². The van der Waals surface area contributed by atoms with Crippen LogP contribution >= 0.6 is 0 Å². The molecule has 0 aliphatic heterocycles. The largest absolute Gasteiger partial charge is 0.471 e. The summed E-state index contributed by atoms with van der Waals surface area (Å²) in [6, 6.07) is 15.1. The Hall–Kier alpha value is -4.40. The fourth-order valence-electron chi connectivity index (χ4n) is 3.74. The molecule has 1 amide bonds. The van der Waals surface area contributed by atoms with Gasteiger partial charge in [0, 0.05) is 17.0 Å². The number of carbonyl (C=O) groups excluding carboxylic acids is 2. The molecule has 2 N–H and O–H groups in total. The Labute approximate surface area is 199 Å². The molecule has 0 spiro atoms. The van der Waals surface area contributed by atoms with Crippen molar-refractivity contribution in [1.82, 2.24) is 4.73 Å². The standard InChI is InChI=1S/C26H22F2N2O5/c1-15-4-3-5-16(8-15)14-35-30-22-11-18(24(29)31)6-7-21(22)23(26(32)33-2)25(30)34-13-17-9-19(27)12-20(28)10-17/h3-12H,13-14H2,1-2H3,(H2,29,31). The summed E-state index contributed by atoms with van der Waals surface area (Å²) in [6.45, 7) is 1.76. The number of benzene rings is 3. The van der Waals surface area contributed by atoms with Gasteiger partial charge in [0.15, 0.2) is 0 Å². The number of fused-ring (bicyclic) bond motifs is 1. The van der Waals surface area contributed by atoms with Crippen molar-refractivity contribution in [3.63, 3.8) is 0 Å². The number of hydrogen-bond donors (Lipinski definition) is 1. The van der Waals surface area contributed by atoms with Crippen LogP contribution in [0, 0.1) is 18.6 Å². The number of primary amides is 1. The first-order valence-corrected chi connectivity index (χ1v) is 10.6. The second-order valence-corrected chi connectivity index (χ2v) is 7.89. The molecule has 1 aromatic heterocycles. The molecule has 4 aromatic rings. The van der Waals surface area contributed by atoms with Gasteiger partial charge in [-0.25, -0.2) is 13.6 Å². The highest BCUT2D eigenvalue weighted by atomic mass is 19.1. The van der Waals surface area contributed by atoms with Gasteiger partial charge in [-0.1, -0.05) is 35.9 Å². The normalized spacial score (nSPS) is 10.9. The molecule has 0 aliphatic carbocycles. The van der Waals surface area contributed by atoms with Crippen molar-refractivity contribution >= 4 is 22.8 Å². The highest BCUT2D eigenvalue weighted by Crippen LogP contribution is 2.34. The Morgan fingerprint density at radius 1 is 0.943 bits per heavy atom. The van der Waals surface area contributed by atoms with Crippen molar-refractivity contribution < 1.29 is 32.7 Å². The summed E-state index contributed by atoms with van der Waals surface area (Å²) in [5.41, 5.74) is 8.06. The van der Waals surface area contributed by atoms with E-state index in [2.05, 4.69) is 0 Å². The van der Waals surface area contributed by atoms with Crippen LogP contribution in [0.15, 0.2) is 60.7 Å². The Morgan fingerprint density at radius 2 is 1.69 bits per heavy atom. The molecule has 0 radical (unpaired) electrons. The molecule has 0 bridgehead atoms. The predicted molar refractivity (Wildman–Crippen MR) is 124 cm³/mol. The lowest BCUT2D eigenvalue weighted by Gasteiger charge is -2.14. The van der Waals surface area contributed by atoms with E-state index in [0.29, 0.717) is 10.9 Å². The van der Waals surface area contributed by atoms with Crippen LogP contribution in [-0.2, 0) is 18.0 Å². The van der Waals surface area contributed by atoms with E-state index in [1.807, 2.05) is 31.2 Å². The number of hydrogen-bond acceptors (Lipinski definition) is 5. The number of nitrogens with zero attached hydrogens (tertiary/aromatic N) is 1. The van der Waals surface area contributed by atoms with Gasteiger partial charge in [0.1, 0.15) is 30.4 Å². The summed E-state index contributed by atoms with van der Waals surface area (Å²) in [5.74, 6) is -2.97. The zero-order valence-electron chi connectivity index (χ0n) is 19.0. The lowest BCUT2D eigenvalue weighted by atomic mass is 10.1. The molecule has 0 fully saturated rings. The Morgan fingerprint density at radius 3 is 2.34 bits per heavy atom. The van der Waals surface area contributed by atoms with Crippen LogP contribution in [0.25, 0.3) is 10.9 Å². The third kappa shape index (κ3) is 5.08. The van der Waals surface area contributed by atoms with Crippen LogP contribution in [-0.4, -0.2) is 23.7 Å². The van der Waals surface area contributed by atoms with Crippen molar-refractivity contribution in [2.45, 2.75) is 20.1 Å². The Bertz CT molecular complexity index is 1410. The smallest absolute Gasteiger partial charge is 0.344 e. The van der Waals surface area contributed by atoms with Crippen molar-refractivity contribution in [2.75, 3.05) is 7.11 Å². The summed E-state index contributed by atoms with van der Waals surface area (Å²) in [4.78, 5) is 30.6. The van der Waals surface area contributed by atoms with Crippen LogP contribution in [0.4, 0.5) is 8.78 Å². The highest BCUT2D eigenvalue weighted by Gasteiger charge is 2.27. The monoisotopic (exact) mass is 480 g/mol. The van der Waals surface area contributed by atoms with Crippen LogP contribution in [0.2, 0.25) is 0 Å². The maximum atomic E-state index is 13.7. The second-order valence-electron chi connectivity index (χ2n) is 7.89. The first-order chi connectivity index (χ1) is 16.8. The van der Waals surface area contributed by atoms with Gasteiger partial charge in [0.05, 0.1) is 12.6 Å². The summed E-state index contributed by atoms with van der Waals surface area (Å²) in [5, 5.41) is 0.381. The molecule has 0 unspecified atom stereocenters. The van der Waals surface area contributed by atoms with Crippen molar-refractivity contribution in [3.05, 3.63) is 100 Å². The fourth-order valence-corrected chi connectivity index (χ4v) is 3.74. The maximum absolute atomic E-state index is 13.7. The molecule has 1 heterocycles. The van der Waals surface area contributed by atoms with Crippen LogP contribution in [0.1, 0.15) is 37.4 Å².